The van der Waals surface area contributed by atoms with E-state index in [0.717, 1.165) is 5.56 Å². The lowest BCUT2D eigenvalue weighted by atomic mass is 9.99. The fourth-order valence-corrected chi connectivity index (χ4v) is 3.51. The van der Waals surface area contributed by atoms with Crippen molar-refractivity contribution in [2.24, 2.45) is 0 Å². The molecular weight excluding hydrogens is 431 g/mol. The molecule has 34 heavy (non-hydrogen) atoms. The van der Waals surface area contributed by atoms with Crippen LogP contribution in [-0.4, -0.2) is 17.6 Å². The van der Waals surface area contributed by atoms with E-state index in [2.05, 4.69) is 10.6 Å². The Hall–Kier alpha value is -4.58. The molecule has 0 fully saturated rings. The molecule has 0 bridgehead atoms. The minimum absolute atomic E-state index is 0.132. The van der Waals surface area contributed by atoms with Crippen molar-refractivity contribution in [2.45, 2.75) is 6.92 Å². The summed E-state index contributed by atoms with van der Waals surface area (Å²) in [4.78, 5) is 38.8. The van der Waals surface area contributed by atoms with E-state index in [1.165, 1.54) is 18.2 Å². The van der Waals surface area contributed by atoms with Gasteiger partial charge < -0.3 is 10.6 Å². The summed E-state index contributed by atoms with van der Waals surface area (Å²) in [5.41, 5.74) is 2.33. The maximum Gasteiger partial charge on any atom is 0.258 e. The first-order chi connectivity index (χ1) is 16.4. The zero-order valence-electron chi connectivity index (χ0n) is 18.3. The molecule has 0 aromatic heterocycles. The second-order valence-corrected chi connectivity index (χ2v) is 7.68. The van der Waals surface area contributed by atoms with Gasteiger partial charge in [-0.3, -0.25) is 14.4 Å². The topological polar surface area (TPSA) is 75.3 Å². The number of aryl methyl sites for hydroxylation is 1. The first-order valence-corrected chi connectivity index (χ1v) is 10.6. The maximum atomic E-state index is 14.0. The van der Waals surface area contributed by atoms with Crippen molar-refractivity contribution in [1.29, 1.82) is 0 Å². The molecule has 0 unspecified atom stereocenters. The Labute approximate surface area is 196 Å². The van der Waals surface area contributed by atoms with Gasteiger partial charge in [-0.05, 0) is 43.3 Å². The lowest BCUT2D eigenvalue weighted by Crippen LogP contribution is -2.20. The van der Waals surface area contributed by atoms with Crippen LogP contribution in [0.1, 0.15) is 42.2 Å². The van der Waals surface area contributed by atoms with Gasteiger partial charge in [0.15, 0.2) is 5.78 Å². The van der Waals surface area contributed by atoms with Gasteiger partial charge in [-0.2, -0.15) is 0 Å². The van der Waals surface area contributed by atoms with Crippen molar-refractivity contribution in [3.8, 4) is 0 Å². The normalized spacial score (nSPS) is 10.4. The number of benzene rings is 4. The molecule has 0 aliphatic rings. The van der Waals surface area contributed by atoms with Gasteiger partial charge >= 0.3 is 0 Å². The lowest BCUT2D eigenvalue weighted by molar-refractivity contribution is 0.102. The Bertz CT molecular complexity index is 1380. The smallest absolute Gasteiger partial charge is 0.258 e. The van der Waals surface area contributed by atoms with Crippen molar-refractivity contribution in [2.75, 3.05) is 10.6 Å². The highest BCUT2D eigenvalue weighted by molar-refractivity contribution is 6.17. The Morgan fingerprint density at radius 2 is 1.18 bits per heavy atom. The molecule has 4 rings (SSSR count). The second-order valence-electron chi connectivity index (χ2n) is 7.68. The van der Waals surface area contributed by atoms with Crippen LogP contribution in [-0.2, 0) is 0 Å². The van der Waals surface area contributed by atoms with Crippen molar-refractivity contribution >= 4 is 29.0 Å². The van der Waals surface area contributed by atoms with Gasteiger partial charge in [-0.25, -0.2) is 4.39 Å². The zero-order chi connectivity index (χ0) is 24.1. The highest BCUT2D eigenvalue weighted by Crippen LogP contribution is 2.24. The molecule has 168 valence electrons. The highest BCUT2D eigenvalue weighted by atomic mass is 19.1. The molecule has 5 nitrogen and oxygen atoms in total. The van der Waals surface area contributed by atoms with Gasteiger partial charge in [-0.1, -0.05) is 66.2 Å². The van der Waals surface area contributed by atoms with Gasteiger partial charge in [0.25, 0.3) is 11.8 Å². The van der Waals surface area contributed by atoms with E-state index < -0.39 is 17.6 Å². The fourth-order valence-electron chi connectivity index (χ4n) is 3.51. The largest absolute Gasteiger partial charge is 0.321 e. The molecule has 0 saturated carbocycles. The van der Waals surface area contributed by atoms with Crippen LogP contribution in [0.2, 0.25) is 0 Å². The molecule has 4 aromatic rings. The number of amides is 2. The van der Waals surface area contributed by atoms with Crippen molar-refractivity contribution < 1.29 is 18.8 Å². The molecule has 0 aliphatic heterocycles. The molecule has 0 aliphatic carbocycles. The summed E-state index contributed by atoms with van der Waals surface area (Å²) >= 11 is 0. The van der Waals surface area contributed by atoms with Crippen LogP contribution >= 0.6 is 0 Å². The fraction of sp³-hybridized carbons (Fsp3) is 0.0357. The van der Waals surface area contributed by atoms with E-state index in [1.807, 2.05) is 13.0 Å². The summed E-state index contributed by atoms with van der Waals surface area (Å²) < 4.78 is 14.0. The van der Waals surface area contributed by atoms with Gasteiger partial charge in [0.2, 0.25) is 0 Å². The number of anilines is 2. The molecular formula is C28H21FN2O3. The Morgan fingerprint density at radius 1 is 0.618 bits per heavy atom. The summed E-state index contributed by atoms with van der Waals surface area (Å²) in [7, 11) is 0. The number of halogens is 1. The summed E-state index contributed by atoms with van der Waals surface area (Å²) in [5.74, 6) is -2.07. The van der Waals surface area contributed by atoms with Crippen molar-refractivity contribution in [3.63, 3.8) is 0 Å². The minimum Gasteiger partial charge on any atom is -0.321 e. The van der Waals surface area contributed by atoms with E-state index in [-0.39, 0.29) is 22.6 Å². The summed E-state index contributed by atoms with van der Waals surface area (Å²) in [6, 6.07) is 26.0. The number of carbonyl (C=O) groups excluding carboxylic acids is 3. The molecule has 0 atom stereocenters. The average Bonchev–Trinajstić information content (AvgIpc) is 2.85. The van der Waals surface area contributed by atoms with Crippen LogP contribution in [0, 0.1) is 12.7 Å². The number of nitrogens with one attached hydrogen (secondary N) is 2. The molecule has 2 amide bonds. The van der Waals surface area contributed by atoms with Crippen LogP contribution < -0.4 is 10.6 Å². The highest BCUT2D eigenvalue weighted by Gasteiger charge is 2.19. The third-order valence-corrected chi connectivity index (χ3v) is 5.24. The molecule has 2 N–H and O–H groups in total. The molecule has 0 spiro atoms. The molecule has 0 heterocycles. The van der Waals surface area contributed by atoms with E-state index in [0.29, 0.717) is 16.8 Å². The molecule has 6 heteroatoms. The zero-order valence-corrected chi connectivity index (χ0v) is 18.3. The predicted octanol–water partition coefficient (Wildman–Crippen LogP) is 5.87. The maximum absolute atomic E-state index is 14.0. The van der Waals surface area contributed by atoms with Gasteiger partial charge in [0.1, 0.15) is 5.82 Å². The third kappa shape index (κ3) is 4.91. The van der Waals surface area contributed by atoms with Crippen LogP contribution in [0.5, 0.6) is 0 Å². The third-order valence-electron chi connectivity index (χ3n) is 5.24. The summed E-state index contributed by atoms with van der Waals surface area (Å²) in [5, 5.41) is 5.38. The summed E-state index contributed by atoms with van der Waals surface area (Å²) in [6.07, 6.45) is 0. The van der Waals surface area contributed by atoms with E-state index in [4.69, 9.17) is 0 Å². The number of rotatable bonds is 6. The first-order valence-electron chi connectivity index (χ1n) is 10.6. The Balaban J connectivity index is 1.62. The average molecular weight is 452 g/mol. The Morgan fingerprint density at radius 3 is 1.88 bits per heavy atom. The number of para-hydroxylation sites is 1. The molecule has 0 radical (unpaired) electrons. The molecule has 0 saturated heterocycles. The Kier molecular flexibility index (Phi) is 6.59. The second kappa shape index (κ2) is 9.92. The number of carbonyl (C=O) groups is 3. The number of hydrogen-bond donors (Lipinski definition) is 2. The summed E-state index contributed by atoms with van der Waals surface area (Å²) in [6.45, 7) is 1.86. The van der Waals surface area contributed by atoms with Crippen LogP contribution in [0.15, 0.2) is 97.1 Å². The standard InChI is InChI=1S/C28H21FN2O3/c1-18-15-16-25(22(17-18)26(32)19-9-3-2-4-10-19)31-28(34)21-12-6-8-14-24(21)30-27(33)20-11-5-7-13-23(20)29/h2-17H,1H3,(H,30,33)(H,31,34). The minimum atomic E-state index is -0.673. The van der Waals surface area contributed by atoms with E-state index >= 15 is 0 Å². The van der Waals surface area contributed by atoms with Gasteiger partial charge in [0.05, 0.1) is 22.5 Å². The van der Waals surface area contributed by atoms with Gasteiger partial charge in [-0.15, -0.1) is 0 Å². The van der Waals surface area contributed by atoms with Crippen LogP contribution in [0.25, 0.3) is 0 Å². The van der Waals surface area contributed by atoms with Gasteiger partial charge in [0, 0.05) is 11.1 Å². The SMILES string of the molecule is Cc1ccc(NC(=O)c2ccccc2NC(=O)c2ccccc2F)c(C(=O)c2ccccc2)c1. The quantitative estimate of drug-likeness (QED) is 0.359. The predicted molar refractivity (Wildman–Crippen MR) is 130 cm³/mol. The van der Waals surface area contributed by atoms with Crippen molar-refractivity contribution in [3.05, 3.63) is 131 Å². The first kappa shape index (κ1) is 22.6. The van der Waals surface area contributed by atoms with E-state index in [1.54, 1.807) is 72.8 Å². The molecule has 4 aromatic carbocycles. The lowest BCUT2D eigenvalue weighted by Gasteiger charge is -2.14. The van der Waals surface area contributed by atoms with E-state index in [9.17, 15) is 18.8 Å². The number of hydrogen-bond acceptors (Lipinski definition) is 3. The van der Waals surface area contributed by atoms with Crippen molar-refractivity contribution in [1.82, 2.24) is 0 Å². The number of ketones is 1. The van der Waals surface area contributed by atoms with Crippen LogP contribution in [0.3, 0.4) is 0 Å². The monoisotopic (exact) mass is 452 g/mol. The van der Waals surface area contributed by atoms with Crippen LogP contribution in [0.4, 0.5) is 15.8 Å².